The smallest absolute Gasteiger partial charge is 0.150 e. The normalized spacial score (nSPS) is 12.4. The Labute approximate surface area is 100 Å². The van der Waals surface area contributed by atoms with Gasteiger partial charge in [-0.2, -0.15) is 0 Å². The number of nitrogens with zero attached hydrogens (tertiary/aromatic N) is 3. The van der Waals surface area contributed by atoms with E-state index in [1.54, 1.807) is 6.33 Å². The highest BCUT2D eigenvalue weighted by atomic mass is 16.1. The first-order valence-corrected chi connectivity index (χ1v) is 5.58. The summed E-state index contributed by atoms with van der Waals surface area (Å²) < 4.78 is 1.92. The van der Waals surface area contributed by atoms with E-state index < -0.39 is 0 Å². The summed E-state index contributed by atoms with van der Waals surface area (Å²) in [6.07, 6.45) is 3.39. The van der Waals surface area contributed by atoms with Crippen molar-refractivity contribution in [2.75, 3.05) is 0 Å². The lowest BCUT2D eigenvalue weighted by atomic mass is 9.96. The van der Waals surface area contributed by atoms with Crippen molar-refractivity contribution in [3.8, 4) is 0 Å². The summed E-state index contributed by atoms with van der Waals surface area (Å²) in [5.74, 6) is 1.27. The van der Waals surface area contributed by atoms with Crippen molar-refractivity contribution < 1.29 is 4.79 Å². The van der Waals surface area contributed by atoms with Crippen LogP contribution in [-0.2, 0) is 13.5 Å². The number of aromatic nitrogens is 3. The fourth-order valence-corrected chi connectivity index (χ4v) is 1.82. The molecule has 1 aromatic carbocycles. The van der Waals surface area contributed by atoms with Gasteiger partial charge in [0.05, 0.1) is 0 Å². The molecule has 1 atom stereocenters. The van der Waals surface area contributed by atoms with Crippen LogP contribution in [0.15, 0.2) is 30.6 Å². The van der Waals surface area contributed by atoms with Gasteiger partial charge >= 0.3 is 0 Å². The minimum absolute atomic E-state index is 0.317. The minimum atomic E-state index is 0.317. The molecule has 1 heterocycles. The lowest BCUT2D eigenvalue weighted by molar-refractivity contribution is 0.112. The summed E-state index contributed by atoms with van der Waals surface area (Å²) in [7, 11) is 1.93. The third-order valence-electron chi connectivity index (χ3n) is 2.91. The van der Waals surface area contributed by atoms with Crippen LogP contribution in [0, 0.1) is 0 Å². The van der Waals surface area contributed by atoms with Gasteiger partial charge in [0, 0.05) is 19.0 Å². The van der Waals surface area contributed by atoms with Crippen molar-refractivity contribution in [3.05, 3.63) is 47.5 Å². The summed E-state index contributed by atoms with van der Waals surface area (Å²) in [6.45, 7) is 2.12. The molecule has 0 radical (unpaired) electrons. The van der Waals surface area contributed by atoms with Crippen LogP contribution >= 0.6 is 0 Å². The molecule has 2 aromatic rings. The quantitative estimate of drug-likeness (QED) is 0.753. The molecule has 1 unspecified atom stereocenters. The third-order valence-corrected chi connectivity index (χ3v) is 2.91. The molecule has 88 valence electrons. The molecule has 0 bridgehead atoms. The maximum atomic E-state index is 10.7. The first kappa shape index (κ1) is 11.5. The second kappa shape index (κ2) is 4.91. The van der Waals surface area contributed by atoms with E-state index in [0.717, 1.165) is 24.1 Å². The SMILES string of the molecule is CC(Cc1nncn1C)c1cccc(C=O)c1. The summed E-state index contributed by atoms with van der Waals surface area (Å²) >= 11 is 0. The van der Waals surface area contributed by atoms with Gasteiger partial charge < -0.3 is 4.57 Å². The van der Waals surface area contributed by atoms with E-state index in [1.807, 2.05) is 35.9 Å². The fourth-order valence-electron chi connectivity index (χ4n) is 1.82. The van der Waals surface area contributed by atoms with Crippen LogP contribution in [0.4, 0.5) is 0 Å². The van der Waals surface area contributed by atoms with Crippen molar-refractivity contribution in [1.82, 2.24) is 14.8 Å². The Bertz CT molecular complexity index is 519. The predicted molar refractivity (Wildman–Crippen MR) is 65.0 cm³/mol. The van der Waals surface area contributed by atoms with Crippen LogP contribution in [0.5, 0.6) is 0 Å². The van der Waals surface area contributed by atoms with Gasteiger partial charge in [0.15, 0.2) is 0 Å². The average Bonchev–Trinajstić information content (AvgIpc) is 2.75. The van der Waals surface area contributed by atoms with Gasteiger partial charge in [-0.3, -0.25) is 4.79 Å². The molecule has 4 nitrogen and oxygen atoms in total. The van der Waals surface area contributed by atoms with Crippen molar-refractivity contribution in [1.29, 1.82) is 0 Å². The summed E-state index contributed by atoms with van der Waals surface area (Å²) in [5, 5.41) is 7.93. The first-order valence-electron chi connectivity index (χ1n) is 5.58. The number of hydrogen-bond acceptors (Lipinski definition) is 3. The number of carbonyl (C=O) groups excluding carboxylic acids is 1. The number of aryl methyl sites for hydroxylation is 1. The van der Waals surface area contributed by atoms with E-state index >= 15 is 0 Å². The maximum Gasteiger partial charge on any atom is 0.150 e. The van der Waals surface area contributed by atoms with E-state index in [0.29, 0.717) is 11.5 Å². The van der Waals surface area contributed by atoms with Crippen molar-refractivity contribution in [2.45, 2.75) is 19.3 Å². The van der Waals surface area contributed by atoms with Gasteiger partial charge in [0.25, 0.3) is 0 Å². The molecule has 0 aliphatic rings. The second-order valence-electron chi connectivity index (χ2n) is 4.25. The Kier molecular flexibility index (Phi) is 3.32. The first-order chi connectivity index (χ1) is 8.20. The molecule has 0 fully saturated rings. The minimum Gasteiger partial charge on any atom is -0.321 e. The van der Waals surface area contributed by atoms with Gasteiger partial charge in [-0.1, -0.05) is 25.1 Å². The number of benzene rings is 1. The molecule has 0 saturated heterocycles. The van der Waals surface area contributed by atoms with E-state index in [4.69, 9.17) is 0 Å². The van der Waals surface area contributed by atoms with Crippen LogP contribution in [0.3, 0.4) is 0 Å². The molecule has 0 N–H and O–H groups in total. The third kappa shape index (κ3) is 2.58. The molecular formula is C13H15N3O. The highest BCUT2D eigenvalue weighted by Gasteiger charge is 2.10. The van der Waals surface area contributed by atoms with Gasteiger partial charge in [0.2, 0.25) is 0 Å². The Morgan fingerprint density at radius 2 is 2.29 bits per heavy atom. The van der Waals surface area contributed by atoms with Gasteiger partial charge in [0.1, 0.15) is 18.4 Å². The molecule has 0 aliphatic heterocycles. The molecule has 0 aliphatic carbocycles. The molecular weight excluding hydrogens is 214 g/mol. The molecule has 4 heteroatoms. The zero-order valence-electron chi connectivity index (χ0n) is 10.00. The van der Waals surface area contributed by atoms with Crippen molar-refractivity contribution in [2.24, 2.45) is 7.05 Å². The average molecular weight is 229 g/mol. The topological polar surface area (TPSA) is 47.8 Å². The van der Waals surface area contributed by atoms with Gasteiger partial charge in [-0.05, 0) is 17.5 Å². The molecule has 0 saturated carbocycles. The van der Waals surface area contributed by atoms with Crippen molar-refractivity contribution >= 4 is 6.29 Å². The molecule has 17 heavy (non-hydrogen) atoms. The Hall–Kier alpha value is -1.97. The highest BCUT2D eigenvalue weighted by molar-refractivity contribution is 5.75. The standard InChI is InChI=1S/C13H15N3O/c1-10(6-13-15-14-9-16(13)2)12-5-3-4-11(7-12)8-17/h3-5,7-10H,6H2,1-2H3. The summed E-state index contributed by atoms with van der Waals surface area (Å²) in [4.78, 5) is 10.7. The van der Waals surface area contributed by atoms with Crippen LogP contribution < -0.4 is 0 Å². The van der Waals surface area contributed by atoms with E-state index in [2.05, 4.69) is 17.1 Å². The summed E-state index contributed by atoms with van der Waals surface area (Å²) in [6, 6.07) is 7.68. The van der Waals surface area contributed by atoms with Crippen LogP contribution in [-0.4, -0.2) is 21.1 Å². The van der Waals surface area contributed by atoms with E-state index in [1.165, 1.54) is 0 Å². The number of carbonyl (C=O) groups is 1. The summed E-state index contributed by atoms with van der Waals surface area (Å²) in [5.41, 5.74) is 1.87. The Morgan fingerprint density at radius 1 is 1.47 bits per heavy atom. The fraction of sp³-hybridized carbons (Fsp3) is 0.308. The van der Waals surface area contributed by atoms with E-state index in [-0.39, 0.29) is 0 Å². The largest absolute Gasteiger partial charge is 0.321 e. The predicted octanol–water partition coefficient (Wildman–Crippen LogP) is 1.97. The molecule has 0 amide bonds. The molecule has 2 rings (SSSR count). The molecule has 1 aromatic heterocycles. The second-order valence-corrected chi connectivity index (χ2v) is 4.25. The zero-order valence-corrected chi connectivity index (χ0v) is 10.00. The van der Waals surface area contributed by atoms with Gasteiger partial charge in [-0.25, -0.2) is 0 Å². The van der Waals surface area contributed by atoms with Crippen LogP contribution in [0.2, 0.25) is 0 Å². The monoisotopic (exact) mass is 229 g/mol. The van der Waals surface area contributed by atoms with Crippen LogP contribution in [0.1, 0.15) is 34.6 Å². The van der Waals surface area contributed by atoms with Crippen molar-refractivity contribution in [3.63, 3.8) is 0 Å². The Morgan fingerprint density at radius 3 is 2.94 bits per heavy atom. The van der Waals surface area contributed by atoms with Crippen LogP contribution in [0.25, 0.3) is 0 Å². The van der Waals surface area contributed by atoms with E-state index in [9.17, 15) is 4.79 Å². The molecule has 0 spiro atoms. The highest BCUT2D eigenvalue weighted by Crippen LogP contribution is 2.19. The number of rotatable bonds is 4. The lowest BCUT2D eigenvalue weighted by Crippen LogP contribution is -2.04. The van der Waals surface area contributed by atoms with Gasteiger partial charge in [-0.15, -0.1) is 10.2 Å². The Balaban J connectivity index is 2.16. The lowest BCUT2D eigenvalue weighted by Gasteiger charge is -2.11. The zero-order chi connectivity index (χ0) is 12.3. The maximum absolute atomic E-state index is 10.7. The number of hydrogen-bond donors (Lipinski definition) is 0. The number of aldehydes is 1.